The Morgan fingerprint density at radius 3 is 2.60 bits per heavy atom. The number of carbonyl (C=O) groups is 1. The van der Waals surface area contributed by atoms with Crippen LogP contribution in [0.3, 0.4) is 0 Å². The Labute approximate surface area is 244 Å². The van der Waals surface area contributed by atoms with Crippen LogP contribution in [0.1, 0.15) is 51.0 Å². The summed E-state index contributed by atoms with van der Waals surface area (Å²) in [6.45, 7) is 2.30. The Kier molecular flexibility index (Phi) is 8.79. The second kappa shape index (κ2) is 12.2. The molecule has 226 valence electrons. The molecule has 2 aliphatic rings. The first-order valence-electron chi connectivity index (χ1n) is 14.2. The van der Waals surface area contributed by atoms with Crippen LogP contribution in [0, 0.1) is 5.82 Å². The van der Waals surface area contributed by atoms with Crippen LogP contribution in [0.2, 0.25) is 0 Å². The Balaban J connectivity index is 1.30. The average molecular weight is 601 g/mol. The van der Waals surface area contributed by atoms with Crippen molar-refractivity contribution in [2.24, 2.45) is 0 Å². The van der Waals surface area contributed by atoms with E-state index in [-0.39, 0.29) is 24.3 Å². The molecule has 2 fully saturated rings. The third-order valence-electron chi connectivity index (χ3n) is 8.35. The molecule has 2 heterocycles. The summed E-state index contributed by atoms with van der Waals surface area (Å²) in [4.78, 5) is 38.1. The van der Waals surface area contributed by atoms with E-state index < -0.39 is 26.8 Å². The minimum absolute atomic E-state index is 0.0670. The van der Waals surface area contributed by atoms with Crippen molar-refractivity contribution < 1.29 is 27.2 Å². The van der Waals surface area contributed by atoms with E-state index in [4.69, 9.17) is 9.57 Å². The normalized spacial score (nSPS) is 19.1. The lowest BCUT2D eigenvalue weighted by Gasteiger charge is -2.28. The summed E-state index contributed by atoms with van der Waals surface area (Å²) < 4.78 is 45.1. The van der Waals surface area contributed by atoms with E-state index in [9.17, 15) is 22.4 Å². The van der Waals surface area contributed by atoms with Gasteiger partial charge in [0.25, 0.3) is 11.5 Å². The van der Waals surface area contributed by atoms with Gasteiger partial charge in [0, 0.05) is 44.0 Å². The third kappa shape index (κ3) is 6.56. The van der Waals surface area contributed by atoms with Crippen molar-refractivity contribution >= 4 is 26.6 Å². The molecule has 0 spiro atoms. The van der Waals surface area contributed by atoms with Gasteiger partial charge in [0.1, 0.15) is 5.82 Å². The van der Waals surface area contributed by atoms with Crippen LogP contribution in [0.5, 0.6) is 0 Å². The number of rotatable bonds is 11. The minimum Gasteiger partial charge on any atom is -0.350 e. The van der Waals surface area contributed by atoms with E-state index in [2.05, 4.69) is 15.4 Å². The first kappa shape index (κ1) is 30.3. The van der Waals surface area contributed by atoms with E-state index in [1.54, 1.807) is 24.3 Å². The van der Waals surface area contributed by atoms with Gasteiger partial charge in [-0.3, -0.25) is 19.1 Å². The summed E-state index contributed by atoms with van der Waals surface area (Å²) in [5, 5.41) is 0.327. The molecule has 1 aliphatic heterocycles. The standard InChI is InChI=1S/C30H37FN4O6S/c1-30(42(3,38)39,29(37)33-41-27-6-4-5-15-40-27)13-14-35-19-32-26-17-21(9-12-24(26)28(35)36)20-7-8-22(25(31)16-20)18-34(2)23-10-11-23/h7-9,12,16-17,19,23,27H,4-6,10-11,13-15,18H2,1-3H3,(H,33,37)/t27?,30-/m1/s1. The predicted octanol–water partition coefficient (Wildman–Crippen LogP) is 3.56. The number of benzene rings is 2. The number of hydrogen-bond donors (Lipinski definition) is 1. The first-order valence-corrected chi connectivity index (χ1v) is 16.1. The van der Waals surface area contributed by atoms with Crippen LogP contribution >= 0.6 is 0 Å². The van der Waals surface area contributed by atoms with Crippen molar-refractivity contribution in [3.8, 4) is 11.1 Å². The van der Waals surface area contributed by atoms with Gasteiger partial charge in [0.15, 0.2) is 20.9 Å². The second-order valence-corrected chi connectivity index (χ2v) is 14.0. The molecule has 1 amide bonds. The fraction of sp³-hybridized carbons (Fsp3) is 0.500. The SMILES string of the molecule is CN(Cc1ccc(-c2ccc3c(=O)n(CC[C@](C)(C(=O)NOC4CCCCO4)S(C)(=O)=O)cnc3c2)cc1F)C1CC1. The number of aromatic nitrogens is 2. The van der Waals surface area contributed by atoms with Crippen LogP contribution in [0.25, 0.3) is 22.0 Å². The molecular weight excluding hydrogens is 563 g/mol. The molecule has 1 N–H and O–H groups in total. The van der Waals surface area contributed by atoms with Crippen LogP contribution in [-0.4, -0.2) is 65.8 Å². The fourth-order valence-electron chi connectivity index (χ4n) is 5.10. The molecule has 1 unspecified atom stereocenters. The number of halogens is 1. The fourth-order valence-corrected chi connectivity index (χ4v) is 5.94. The van der Waals surface area contributed by atoms with Crippen LogP contribution in [0.4, 0.5) is 4.39 Å². The number of nitrogens with one attached hydrogen (secondary N) is 1. The van der Waals surface area contributed by atoms with Crippen molar-refractivity contribution in [2.45, 2.75) is 75.6 Å². The van der Waals surface area contributed by atoms with Crippen molar-refractivity contribution in [1.29, 1.82) is 0 Å². The Morgan fingerprint density at radius 1 is 1.19 bits per heavy atom. The molecule has 10 nitrogen and oxygen atoms in total. The number of nitrogens with zero attached hydrogens (tertiary/aromatic N) is 3. The zero-order chi connectivity index (χ0) is 30.1. The number of fused-ring (bicyclic) bond motifs is 1. The second-order valence-electron chi connectivity index (χ2n) is 11.5. The largest absolute Gasteiger partial charge is 0.350 e. The predicted molar refractivity (Wildman–Crippen MR) is 157 cm³/mol. The summed E-state index contributed by atoms with van der Waals surface area (Å²) in [6.07, 6.45) is 6.17. The zero-order valence-electron chi connectivity index (χ0n) is 24.1. The van der Waals surface area contributed by atoms with Gasteiger partial charge in [-0.2, -0.15) is 0 Å². The van der Waals surface area contributed by atoms with Gasteiger partial charge in [0.05, 0.1) is 17.2 Å². The van der Waals surface area contributed by atoms with E-state index in [0.717, 1.165) is 37.5 Å². The van der Waals surface area contributed by atoms with Gasteiger partial charge in [-0.1, -0.05) is 18.2 Å². The van der Waals surface area contributed by atoms with Crippen LogP contribution in [-0.2, 0) is 37.3 Å². The highest BCUT2D eigenvalue weighted by atomic mass is 32.2. The highest BCUT2D eigenvalue weighted by Gasteiger charge is 2.44. The van der Waals surface area contributed by atoms with Gasteiger partial charge >= 0.3 is 0 Å². The number of sulfone groups is 1. The lowest BCUT2D eigenvalue weighted by atomic mass is 10.0. The Bertz CT molecular complexity index is 1630. The van der Waals surface area contributed by atoms with E-state index >= 15 is 0 Å². The molecule has 5 rings (SSSR count). The quantitative estimate of drug-likeness (QED) is 0.332. The smallest absolute Gasteiger partial charge is 0.264 e. The van der Waals surface area contributed by atoms with Crippen LogP contribution in [0.15, 0.2) is 47.5 Å². The number of carbonyl (C=O) groups excluding carboxylic acids is 1. The molecule has 1 saturated carbocycles. The van der Waals surface area contributed by atoms with Gasteiger partial charge < -0.3 is 4.74 Å². The molecule has 42 heavy (non-hydrogen) atoms. The molecule has 3 aromatic rings. The number of amides is 1. The van der Waals surface area contributed by atoms with Crippen LogP contribution < -0.4 is 11.0 Å². The molecule has 1 saturated heterocycles. The summed E-state index contributed by atoms with van der Waals surface area (Å²) in [5.41, 5.74) is 4.33. The van der Waals surface area contributed by atoms with Gasteiger partial charge in [-0.05, 0) is 75.4 Å². The Morgan fingerprint density at radius 2 is 1.93 bits per heavy atom. The molecule has 0 radical (unpaired) electrons. The maximum atomic E-state index is 14.9. The maximum Gasteiger partial charge on any atom is 0.264 e. The highest BCUT2D eigenvalue weighted by molar-refractivity contribution is 7.92. The number of hydrogen-bond acceptors (Lipinski definition) is 8. The summed E-state index contributed by atoms with van der Waals surface area (Å²) in [6, 6.07) is 10.8. The van der Waals surface area contributed by atoms with Crippen molar-refractivity contribution in [2.75, 3.05) is 19.9 Å². The summed E-state index contributed by atoms with van der Waals surface area (Å²) in [5.74, 6) is -1.11. The number of ether oxygens (including phenoxy) is 1. The lowest BCUT2D eigenvalue weighted by Crippen LogP contribution is -2.51. The minimum atomic E-state index is -3.90. The third-order valence-corrected chi connectivity index (χ3v) is 10.4. The highest BCUT2D eigenvalue weighted by Crippen LogP contribution is 2.29. The number of hydroxylamine groups is 1. The van der Waals surface area contributed by atoms with Crippen molar-refractivity contribution in [3.63, 3.8) is 0 Å². The average Bonchev–Trinajstić information content (AvgIpc) is 3.82. The van der Waals surface area contributed by atoms with E-state index in [1.165, 1.54) is 23.9 Å². The maximum absolute atomic E-state index is 14.9. The van der Waals surface area contributed by atoms with E-state index in [0.29, 0.717) is 47.6 Å². The van der Waals surface area contributed by atoms with Gasteiger partial charge in [0.2, 0.25) is 0 Å². The molecule has 2 atom stereocenters. The van der Waals surface area contributed by atoms with Gasteiger partial charge in [-0.25, -0.2) is 28.1 Å². The number of aryl methyl sites for hydroxylation is 1. The monoisotopic (exact) mass is 600 g/mol. The molecule has 1 aliphatic carbocycles. The van der Waals surface area contributed by atoms with Gasteiger partial charge in [-0.15, -0.1) is 0 Å². The molecular formula is C30H37FN4O6S. The van der Waals surface area contributed by atoms with Crippen molar-refractivity contribution in [1.82, 2.24) is 19.9 Å². The molecule has 0 bridgehead atoms. The summed E-state index contributed by atoms with van der Waals surface area (Å²) >= 11 is 0. The molecule has 1 aromatic heterocycles. The molecule has 12 heteroatoms. The molecule has 2 aromatic carbocycles. The zero-order valence-corrected chi connectivity index (χ0v) is 25.0. The van der Waals surface area contributed by atoms with Crippen molar-refractivity contribution in [3.05, 3.63) is 64.5 Å². The first-order chi connectivity index (χ1) is 20.0. The topological polar surface area (TPSA) is 120 Å². The lowest BCUT2D eigenvalue weighted by molar-refractivity contribution is -0.201. The van der Waals surface area contributed by atoms with E-state index in [1.807, 2.05) is 13.1 Å². The Hall–Kier alpha value is -3.19. The summed E-state index contributed by atoms with van der Waals surface area (Å²) in [7, 11) is -1.89.